The Balaban J connectivity index is 2.67. The minimum absolute atomic E-state index is 0.746. The number of hydrogen-bond acceptors (Lipinski definition) is 4. The SMILES string of the molecule is COc1cc2cnsc2cc1OC. The topological polar surface area (TPSA) is 31.4 Å². The molecule has 0 amide bonds. The first-order valence-electron chi connectivity index (χ1n) is 3.81. The van der Waals surface area contributed by atoms with E-state index in [-0.39, 0.29) is 0 Å². The van der Waals surface area contributed by atoms with E-state index in [1.54, 1.807) is 14.2 Å². The second kappa shape index (κ2) is 3.22. The molecular weight excluding hydrogens is 186 g/mol. The van der Waals surface area contributed by atoms with Gasteiger partial charge in [-0.15, -0.1) is 0 Å². The van der Waals surface area contributed by atoms with Crippen molar-refractivity contribution in [3.8, 4) is 11.5 Å². The number of fused-ring (bicyclic) bond motifs is 1. The molecule has 4 heteroatoms. The minimum atomic E-state index is 0.746. The van der Waals surface area contributed by atoms with E-state index in [4.69, 9.17) is 9.47 Å². The monoisotopic (exact) mass is 195 g/mol. The Bertz CT molecular complexity index is 386. The number of rotatable bonds is 2. The number of hydrogen-bond donors (Lipinski definition) is 0. The lowest BCUT2D eigenvalue weighted by Crippen LogP contribution is -1.89. The van der Waals surface area contributed by atoms with Crippen molar-refractivity contribution in [2.45, 2.75) is 0 Å². The van der Waals surface area contributed by atoms with Crippen LogP contribution in [0.3, 0.4) is 0 Å². The Kier molecular flexibility index (Phi) is 2.06. The summed E-state index contributed by atoms with van der Waals surface area (Å²) in [5.74, 6) is 1.49. The molecule has 3 nitrogen and oxygen atoms in total. The van der Waals surface area contributed by atoms with Crippen molar-refractivity contribution in [1.29, 1.82) is 0 Å². The number of ether oxygens (including phenoxy) is 2. The summed E-state index contributed by atoms with van der Waals surface area (Å²) < 4.78 is 15.5. The van der Waals surface area contributed by atoms with Crippen LogP contribution in [0.25, 0.3) is 10.1 Å². The van der Waals surface area contributed by atoms with Gasteiger partial charge in [0.1, 0.15) is 0 Å². The molecule has 0 aliphatic heterocycles. The highest BCUT2D eigenvalue weighted by Gasteiger charge is 2.06. The van der Waals surface area contributed by atoms with E-state index < -0.39 is 0 Å². The molecule has 0 aliphatic carbocycles. The molecule has 2 rings (SSSR count). The third-order valence-electron chi connectivity index (χ3n) is 1.86. The van der Waals surface area contributed by atoms with Crippen LogP contribution in [0.5, 0.6) is 11.5 Å². The van der Waals surface area contributed by atoms with Gasteiger partial charge in [0.15, 0.2) is 11.5 Å². The molecule has 0 bridgehead atoms. The molecule has 0 fully saturated rings. The van der Waals surface area contributed by atoms with E-state index >= 15 is 0 Å². The van der Waals surface area contributed by atoms with E-state index in [0.717, 1.165) is 21.6 Å². The summed E-state index contributed by atoms with van der Waals surface area (Å²) in [6, 6.07) is 3.86. The Morgan fingerprint density at radius 1 is 1.15 bits per heavy atom. The molecule has 1 heterocycles. The van der Waals surface area contributed by atoms with E-state index in [2.05, 4.69) is 4.37 Å². The Labute approximate surface area is 80.1 Å². The molecule has 0 N–H and O–H groups in total. The molecule has 0 radical (unpaired) electrons. The lowest BCUT2D eigenvalue weighted by atomic mass is 10.2. The van der Waals surface area contributed by atoms with Gasteiger partial charge in [-0.25, -0.2) is 0 Å². The zero-order chi connectivity index (χ0) is 9.26. The van der Waals surface area contributed by atoms with Crippen LogP contribution in [0.15, 0.2) is 18.3 Å². The van der Waals surface area contributed by atoms with Gasteiger partial charge in [-0.1, -0.05) is 0 Å². The second-order valence-corrected chi connectivity index (χ2v) is 3.40. The van der Waals surface area contributed by atoms with Crippen LogP contribution in [0, 0.1) is 0 Å². The molecule has 68 valence electrons. The van der Waals surface area contributed by atoms with Crippen LogP contribution in [0.2, 0.25) is 0 Å². The summed E-state index contributed by atoms with van der Waals surface area (Å²) in [5.41, 5.74) is 0. The van der Waals surface area contributed by atoms with Crippen LogP contribution >= 0.6 is 11.5 Å². The maximum absolute atomic E-state index is 5.17. The first kappa shape index (κ1) is 8.31. The van der Waals surface area contributed by atoms with Gasteiger partial charge < -0.3 is 9.47 Å². The first-order valence-corrected chi connectivity index (χ1v) is 4.59. The average Bonchev–Trinajstić information content (AvgIpc) is 2.62. The number of nitrogens with zero attached hydrogens (tertiary/aromatic N) is 1. The van der Waals surface area contributed by atoms with Crippen molar-refractivity contribution in [3.05, 3.63) is 18.3 Å². The van der Waals surface area contributed by atoms with Gasteiger partial charge in [0.05, 0.1) is 18.9 Å². The fourth-order valence-electron chi connectivity index (χ4n) is 1.20. The summed E-state index contributed by atoms with van der Waals surface area (Å²) in [5, 5.41) is 1.09. The molecule has 0 aliphatic rings. The van der Waals surface area contributed by atoms with E-state index in [0.29, 0.717) is 0 Å². The number of methoxy groups -OCH3 is 2. The maximum atomic E-state index is 5.17. The summed E-state index contributed by atoms with van der Waals surface area (Å²) >= 11 is 1.45. The summed E-state index contributed by atoms with van der Waals surface area (Å²) in [6.07, 6.45) is 1.82. The van der Waals surface area contributed by atoms with Crippen molar-refractivity contribution in [1.82, 2.24) is 4.37 Å². The highest BCUT2D eigenvalue weighted by atomic mass is 32.1. The van der Waals surface area contributed by atoms with Gasteiger partial charge in [0.25, 0.3) is 0 Å². The molecule has 0 unspecified atom stereocenters. The number of benzene rings is 1. The van der Waals surface area contributed by atoms with Crippen molar-refractivity contribution in [2.24, 2.45) is 0 Å². The lowest BCUT2D eigenvalue weighted by molar-refractivity contribution is 0.356. The Morgan fingerprint density at radius 2 is 1.85 bits per heavy atom. The lowest BCUT2D eigenvalue weighted by Gasteiger charge is -2.06. The summed E-state index contributed by atoms with van der Waals surface area (Å²) in [6.45, 7) is 0. The Morgan fingerprint density at radius 3 is 2.54 bits per heavy atom. The van der Waals surface area contributed by atoms with Crippen LogP contribution in [-0.4, -0.2) is 18.6 Å². The zero-order valence-electron chi connectivity index (χ0n) is 7.40. The summed E-state index contributed by atoms with van der Waals surface area (Å²) in [4.78, 5) is 0. The van der Waals surface area contributed by atoms with Gasteiger partial charge in [-0.3, -0.25) is 0 Å². The van der Waals surface area contributed by atoms with Gasteiger partial charge in [-0.2, -0.15) is 4.37 Å². The molecule has 0 spiro atoms. The van der Waals surface area contributed by atoms with Crippen molar-refractivity contribution in [3.63, 3.8) is 0 Å². The van der Waals surface area contributed by atoms with Gasteiger partial charge in [-0.05, 0) is 17.6 Å². The fraction of sp³-hybridized carbons (Fsp3) is 0.222. The molecule has 1 aromatic carbocycles. The van der Waals surface area contributed by atoms with Crippen LogP contribution in [0.4, 0.5) is 0 Å². The van der Waals surface area contributed by atoms with E-state index in [9.17, 15) is 0 Å². The standard InChI is InChI=1S/C9H9NO2S/c1-11-7-3-6-5-10-13-9(6)4-8(7)12-2/h3-5H,1-2H3. The van der Waals surface area contributed by atoms with Crippen molar-refractivity contribution < 1.29 is 9.47 Å². The minimum Gasteiger partial charge on any atom is -0.493 e. The van der Waals surface area contributed by atoms with Crippen LogP contribution < -0.4 is 9.47 Å². The second-order valence-electron chi connectivity index (χ2n) is 2.57. The molecule has 0 atom stereocenters. The van der Waals surface area contributed by atoms with Crippen LogP contribution in [-0.2, 0) is 0 Å². The smallest absolute Gasteiger partial charge is 0.162 e. The zero-order valence-corrected chi connectivity index (χ0v) is 8.22. The highest BCUT2D eigenvalue weighted by molar-refractivity contribution is 7.13. The van der Waals surface area contributed by atoms with Gasteiger partial charge in [0.2, 0.25) is 0 Å². The largest absolute Gasteiger partial charge is 0.493 e. The molecule has 0 saturated carbocycles. The van der Waals surface area contributed by atoms with E-state index in [1.165, 1.54) is 11.5 Å². The van der Waals surface area contributed by atoms with Gasteiger partial charge >= 0.3 is 0 Å². The fourth-order valence-corrected chi connectivity index (χ4v) is 1.85. The number of aromatic nitrogens is 1. The average molecular weight is 195 g/mol. The first-order chi connectivity index (χ1) is 6.35. The quantitative estimate of drug-likeness (QED) is 0.736. The highest BCUT2D eigenvalue weighted by Crippen LogP contribution is 2.33. The molecule has 2 aromatic rings. The Hall–Kier alpha value is -1.29. The molecule has 1 aromatic heterocycles. The van der Waals surface area contributed by atoms with Gasteiger partial charge in [0, 0.05) is 17.6 Å². The third kappa shape index (κ3) is 1.33. The molecule has 0 saturated heterocycles. The third-order valence-corrected chi connectivity index (χ3v) is 2.62. The molecular formula is C9H9NO2S. The van der Waals surface area contributed by atoms with Crippen molar-refractivity contribution in [2.75, 3.05) is 14.2 Å². The predicted molar refractivity (Wildman–Crippen MR) is 52.7 cm³/mol. The summed E-state index contributed by atoms with van der Waals surface area (Å²) in [7, 11) is 3.26. The predicted octanol–water partition coefficient (Wildman–Crippen LogP) is 2.31. The van der Waals surface area contributed by atoms with E-state index in [1.807, 2.05) is 18.3 Å². The van der Waals surface area contributed by atoms with Crippen molar-refractivity contribution >= 4 is 21.6 Å². The normalized spacial score (nSPS) is 10.3. The molecule has 13 heavy (non-hydrogen) atoms. The maximum Gasteiger partial charge on any atom is 0.162 e. The van der Waals surface area contributed by atoms with Crippen LogP contribution in [0.1, 0.15) is 0 Å².